The number of rotatable bonds is 11. The van der Waals surface area contributed by atoms with E-state index in [4.69, 9.17) is 14.2 Å². The number of likely N-dealkylation sites (tertiary alicyclic amines) is 1. The molecule has 0 bridgehead atoms. The van der Waals surface area contributed by atoms with Crippen molar-refractivity contribution in [2.75, 3.05) is 36.9 Å². The highest BCUT2D eigenvalue weighted by Gasteiger charge is 2.36. The maximum absolute atomic E-state index is 13.9. The van der Waals surface area contributed by atoms with E-state index in [9.17, 15) is 19.2 Å². The Kier molecular flexibility index (Phi) is 12.3. The second-order valence-electron chi connectivity index (χ2n) is 12.4. The van der Waals surface area contributed by atoms with Crippen LogP contribution >= 0.6 is 11.8 Å². The molecule has 0 saturated carbocycles. The molecule has 2 aliphatic rings. The van der Waals surface area contributed by atoms with Gasteiger partial charge in [-0.15, -0.1) is 11.8 Å². The number of benzene rings is 2. The molecule has 2 heterocycles. The van der Waals surface area contributed by atoms with Gasteiger partial charge in [0.15, 0.2) is 0 Å². The number of ether oxygens (including phenoxy) is 3. The van der Waals surface area contributed by atoms with Gasteiger partial charge in [0, 0.05) is 23.7 Å². The van der Waals surface area contributed by atoms with E-state index in [0.29, 0.717) is 36.9 Å². The Morgan fingerprint density at radius 3 is 2.38 bits per heavy atom. The molecule has 2 amide bonds. The minimum atomic E-state index is -0.722. The number of hydrogen-bond acceptors (Lipinski definition) is 9. The van der Waals surface area contributed by atoms with Crippen LogP contribution in [0.2, 0.25) is 0 Å². The first-order chi connectivity index (χ1) is 21.5. The molecule has 0 radical (unpaired) electrons. The van der Waals surface area contributed by atoms with Crippen molar-refractivity contribution in [3.63, 3.8) is 0 Å². The normalized spacial score (nSPS) is 18.0. The van der Waals surface area contributed by atoms with Crippen LogP contribution in [0.15, 0.2) is 59.5 Å². The lowest BCUT2D eigenvalue weighted by molar-refractivity contribution is -0.154. The molecular weight excluding hydrogens is 594 g/mol. The summed E-state index contributed by atoms with van der Waals surface area (Å²) in [4.78, 5) is 56.5. The van der Waals surface area contributed by atoms with Crippen molar-refractivity contribution < 1.29 is 33.4 Å². The van der Waals surface area contributed by atoms with Gasteiger partial charge in [-0.2, -0.15) is 0 Å². The van der Waals surface area contributed by atoms with Gasteiger partial charge >= 0.3 is 18.0 Å². The minimum Gasteiger partial charge on any atom is -0.465 e. The highest BCUT2D eigenvalue weighted by atomic mass is 32.2. The van der Waals surface area contributed by atoms with Gasteiger partial charge in [0.05, 0.1) is 18.3 Å². The summed E-state index contributed by atoms with van der Waals surface area (Å²) in [6.45, 7) is 8.53. The first-order valence-electron chi connectivity index (χ1n) is 15.7. The first-order valence-corrected chi connectivity index (χ1v) is 16.7. The molecule has 2 aromatic rings. The molecule has 2 aliphatic heterocycles. The molecule has 0 spiro atoms. The van der Waals surface area contributed by atoms with Gasteiger partial charge < -0.3 is 19.1 Å². The smallest absolute Gasteiger partial charge is 0.410 e. The number of esters is 2. The summed E-state index contributed by atoms with van der Waals surface area (Å²) in [7, 11) is 0. The number of para-hydroxylation sites is 1. The molecule has 244 valence electrons. The molecule has 2 atom stereocenters. The Bertz CT molecular complexity index is 1310. The van der Waals surface area contributed by atoms with Crippen molar-refractivity contribution in [1.29, 1.82) is 0 Å². The Morgan fingerprint density at radius 2 is 1.69 bits per heavy atom. The van der Waals surface area contributed by atoms with Gasteiger partial charge in [-0.1, -0.05) is 42.5 Å². The van der Waals surface area contributed by atoms with E-state index < -0.39 is 29.6 Å². The molecule has 1 saturated heterocycles. The number of nitrogens with zero attached hydrogens (tertiary/aromatic N) is 2. The molecular formula is C34H45N3O7S. The fraction of sp³-hybridized carbons (Fsp3) is 0.529. The van der Waals surface area contributed by atoms with Crippen LogP contribution in [0.4, 0.5) is 10.5 Å². The van der Waals surface area contributed by atoms with Crippen LogP contribution in [0.5, 0.6) is 0 Å². The third-order valence-corrected chi connectivity index (χ3v) is 8.90. The molecule has 45 heavy (non-hydrogen) atoms. The van der Waals surface area contributed by atoms with Gasteiger partial charge in [0.1, 0.15) is 24.8 Å². The highest BCUT2D eigenvalue weighted by Crippen LogP contribution is 2.34. The lowest BCUT2D eigenvalue weighted by Gasteiger charge is -2.32. The summed E-state index contributed by atoms with van der Waals surface area (Å²) in [5.41, 5.74) is 0.899. The Morgan fingerprint density at radius 1 is 1.00 bits per heavy atom. The number of anilines is 1. The van der Waals surface area contributed by atoms with Crippen LogP contribution in [0.3, 0.4) is 0 Å². The maximum Gasteiger partial charge on any atom is 0.410 e. The zero-order chi connectivity index (χ0) is 32.4. The molecule has 0 unspecified atom stereocenters. The van der Waals surface area contributed by atoms with Crippen LogP contribution in [0, 0.1) is 5.92 Å². The summed E-state index contributed by atoms with van der Waals surface area (Å²) >= 11 is 1.51. The van der Waals surface area contributed by atoms with Crippen LogP contribution in [-0.2, 0) is 35.2 Å². The van der Waals surface area contributed by atoms with Crippen LogP contribution in [-0.4, -0.2) is 78.5 Å². The lowest BCUT2D eigenvalue weighted by atomic mass is 9.90. The van der Waals surface area contributed by atoms with Gasteiger partial charge in [0.25, 0.3) is 0 Å². The van der Waals surface area contributed by atoms with Crippen LogP contribution < -0.4 is 10.2 Å². The Balaban J connectivity index is 1.36. The molecule has 1 N–H and O–H groups in total. The molecule has 0 aliphatic carbocycles. The molecule has 1 fully saturated rings. The fourth-order valence-electron chi connectivity index (χ4n) is 5.51. The first kappa shape index (κ1) is 34.3. The van der Waals surface area contributed by atoms with Crippen molar-refractivity contribution in [3.05, 3.63) is 60.2 Å². The highest BCUT2D eigenvalue weighted by molar-refractivity contribution is 7.99. The predicted molar refractivity (Wildman–Crippen MR) is 173 cm³/mol. The average molecular weight is 640 g/mol. The van der Waals surface area contributed by atoms with Crippen molar-refractivity contribution in [3.8, 4) is 0 Å². The molecule has 0 aromatic heterocycles. The summed E-state index contributed by atoms with van der Waals surface area (Å²) in [5.74, 6) is -0.504. The maximum atomic E-state index is 13.9. The average Bonchev–Trinajstić information content (AvgIpc) is 3.14. The molecule has 11 heteroatoms. The number of nitrogens with one attached hydrogen (secondary N) is 1. The summed E-state index contributed by atoms with van der Waals surface area (Å²) in [6, 6.07) is 15.6. The number of amides is 2. The van der Waals surface area contributed by atoms with Crippen molar-refractivity contribution in [2.45, 2.75) is 82.6 Å². The zero-order valence-electron chi connectivity index (χ0n) is 26.7. The van der Waals surface area contributed by atoms with E-state index in [1.807, 2.05) is 54.6 Å². The third kappa shape index (κ3) is 10.2. The number of thioether (sulfide) groups is 1. The second kappa shape index (κ2) is 16.1. The zero-order valence-corrected chi connectivity index (χ0v) is 27.5. The largest absolute Gasteiger partial charge is 0.465 e. The number of fused-ring (bicyclic) bond motifs is 1. The van der Waals surface area contributed by atoms with Crippen molar-refractivity contribution >= 4 is 41.4 Å². The number of piperidine rings is 1. The summed E-state index contributed by atoms with van der Waals surface area (Å²) in [6.07, 6.45) is 2.50. The van der Waals surface area contributed by atoms with Gasteiger partial charge in [-0.05, 0) is 77.0 Å². The number of carbonyl (C=O) groups excluding carboxylic acids is 4. The quantitative estimate of drug-likeness (QED) is 0.262. The van der Waals surface area contributed by atoms with Crippen molar-refractivity contribution in [1.82, 2.24) is 10.2 Å². The summed E-state index contributed by atoms with van der Waals surface area (Å²) in [5, 5.41) is 3.29. The van der Waals surface area contributed by atoms with E-state index in [1.54, 1.807) is 32.6 Å². The van der Waals surface area contributed by atoms with Crippen LogP contribution in [0.1, 0.15) is 58.9 Å². The predicted octanol–water partition coefficient (Wildman–Crippen LogP) is 5.19. The Hall–Kier alpha value is -3.57. The third-order valence-electron chi connectivity index (χ3n) is 7.75. The standard InChI is InChI=1S/C34H45N3O7S/c1-5-42-32(40)26(16-15-24-17-19-36(20-18-24)33(41)43-22-25-11-7-6-8-12-25)35-27-23-45-29-14-10-9-13-28(29)37(31(27)39)21-30(38)44-34(2,3)4/h6-14,24,26-27,35H,5,15-23H2,1-4H3/t26-,27-/m0/s1. The lowest BCUT2D eigenvalue weighted by Crippen LogP contribution is -2.54. The molecule has 4 rings (SSSR count). The SMILES string of the molecule is CCOC(=O)[C@H](CCC1CCN(C(=O)OCc2ccccc2)CC1)N[C@H]1CSc2ccccc2N(CC(=O)OC(C)(C)C)C1=O. The Labute approximate surface area is 270 Å². The van der Waals surface area contributed by atoms with E-state index in [0.717, 1.165) is 29.7 Å². The number of hydrogen-bond donors (Lipinski definition) is 1. The topological polar surface area (TPSA) is 114 Å². The second-order valence-corrected chi connectivity index (χ2v) is 13.4. The van der Waals surface area contributed by atoms with Crippen LogP contribution in [0.25, 0.3) is 0 Å². The number of carbonyl (C=O) groups is 4. The minimum absolute atomic E-state index is 0.226. The van der Waals surface area contributed by atoms with E-state index >= 15 is 0 Å². The fourth-order valence-corrected chi connectivity index (χ4v) is 6.60. The summed E-state index contributed by atoms with van der Waals surface area (Å²) < 4.78 is 16.4. The molecule has 2 aromatic carbocycles. The van der Waals surface area contributed by atoms with Gasteiger partial charge in [-0.3, -0.25) is 24.6 Å². The van der Waals surface area contributed by atoms with E-state index in [1.165, 1.54) is 16.7 Å². The van der Waals surface area contributed by atoms with E-state index in [-0.39, 0.29) is 31.8 Å². The van der Waals surface area contributed by atoms with Gasteiger partial charge in [-0.25, -0.2) is 4.79 Å². The monoisotopic (exact) mass is 639 g/mol. The van der Waals surface area contributed by atoms with Gasteiger partial charge in [0.2, 0.25) is 5.91 Å². The van der Waals surface area contributed by atoms with E-state index in [2.05, 4.69) is 5.32 Å². The van der Waals surface area contributed by atoms with Crippen molar-refractivity contribution in [2.24, 2.45) is 5.92 Å². The molecule has 10 nitrogen and oxygen atoms in total.